The van der Waals surface area contributed by atoms with Gasteiger partial charge < -0.3 is 5.11 Å². The zero-order valence-electron chi connectivity index (χ0n) is 12.1. The number of rotatable bonds is 8. The van der Waals surface area contributed by atoms with Crippen LogP contribution in [0.15, 0.2) is 25.3 Å². The van der Waals surface area contributed by atoms with Gasteiger partial charge >= 0.3 is 0 Å². The predicted octanol–water partition coefficient (Wildman–Crippen LogP) is 1.44. The van der Waals surface area contributed by atoms with E-state index in [0.29, 0.717) is 13.0 Å². The summed E-state index contributed by atoms with van der Waals surface area (Å²) in [5.41, 5.74) is -0.920. The number of nitrogens with zero attached hydrogens (tertiary/aromatic N) is 6. The van der Waals surface area contributed by atoms with Crippen molar-refractivity contribution in [1.29, 1.82) is 0 Å². The molecule has 0 aliphatic rings. The highest BCUT2D eigenvalue weighted by molar-refractivity contribution is 4.88. The Morgan fingerprint density at radius 3 is 2.50 bits per heavy atom. The molecule has 0 bridgehead atoms. The van der Waals surface area contributed by atoms with Crippen LogP contribution in [-0.2, 0) is 6.54 Å². The van der Waals surface area contributed by atoms with Gasteiger partial charge in [-0.25, -0.2) is 19.3 Å². The zero-order valence-corrected chi connectivity index (χ0v) is 12.1. The molecule has 2 aromatic heterocycles. The largest absolute Gasteiger partial charge is 0.386 e. The lowest BCUT2D eigenvalue weighted by Crippen LogP contribution is -2.42. The fourth-order valence-corrected chi connectivity index (χ4v) is 2.36. The van der Waals surface area contributed by atoms with Crippen LogP contribution in [0.25, 0.3) is 0 Å². The third kappa shape index (κ3) is 3.41. The molecule has 0 saturated heterocycles. The van der Waals surface area contributed by atoms with Crippen LogP contribution in [0.1, 0.15) is 45.6 Å². The average molecular weight is 278 g/mol. The quantitative estimate of drug-likeness (QED) is 0.739. The summed E-state index contributed by atoms with van der Waals surface area (Å²) in [5.74, 6) is 0. The summed E-state index contributed by atoms with van der Waals surface area (Å²) in [4.78, 5) is 7.89. The van der Waals surface area contributed by atoms with Gasteiger partial charge in [0.2, 0.25) is 0 Å². The summed E-state index contributed by atoms with van der Waals surface area (Å²) in [6.07, 6.45) is 10.1. The Bertz CT molecular complexity index is 483. The maximum Gasteiger partial charge on any atom is 0.137 e. The van der Waals surface area contributed by atoms with E-state index < -0.39 is 5.60 Å². The van der Waals surface area contributed by atoms with E-state index in [4.69, 9.17) is 0 Å². The molecule has 0 aromatic carbocycles. The second kappa shape index (κ2) is 6.60. The number of aromatic nitrogens is 6. The molecule has 2 rings (SSSR count). The van der Waals surface area contributed by atoms with Gasteiger partial charge in [-0.05, 0) is 13.3 Å². The molecule has 0 spiro atoms. The van der Waals surface area contributed by atoms with Crippen molar-refractivity contribution >= 4 is 0 Å². The molecular formula is C13H22N6O. The van der Waals surface area contributed by atoms with Crippen molar-refractivity contribution in [3.8, 4) is 0 Å². The minimum Gasteiger partial charge on any atom is -0.386 e. The van der Waals surface area contributed by atoms with Crippen molar-refractivity contribution in [2.45, 2.75) is 57.7 Å². The van der Waals surface area contributed by atoms with Crippen molar-refractivity contribution in [3.63, 3.8) is 0 Å². The summed E-state index contributed by atoms with van der Waals surface area (Å²) in [6.45, 7) is 4.51. The summed E-state index contributed by atoms with van der Waals surface area (Å²) < 4.78 is 3.36. The Labute approximate surface area is 118 Å². The second-order valence-corrected chi connectivity index (χ2v) is 5.21. The lowest BCUT2D eigenvalue weighted by atomic mass is 9.89. The first-order chi connectivity index (χ1) is 9.65. The number of unbranched alkanes of at least 4 members (excludes halogenated alkanes) is 2. The van der Waals surface area contributed by atoms with E-state index in [9.17, 15) is 5.11 Å². The smallest absolute Gasteiger partial charge is 0.137 e. The number of hydrogen-bond donors (Lipinski definition) is 1. The van der Waals surface area contributed by atoms with E-state index in [1.54, 1.807) is 22.0 Å². The maximum atomic E-state index is 11.1. The molecule has 0 amide bonds. The first-order valence-electron chi connectivity index (χ1n) is 7.04. The van der Waals surface area contributed by atoms with Crippen molar-refractivity contribution in [2.75, 3.05) is 0 Å². The Hall–Kier alpha value is -1.76. The SMILES string of the molecule is CCCCCC(O)(Cn1cncn1)C(C)n1cncn1. The molecule has 7 nitrogen and oxygen atoms in total. The highest BCUT2D eigenvalue weighted by Gasteiger charge is 2.35. The molecule has 20 heavy (non-hydrogen) atoms. The number of aliphatic hydroxyl groups is 1. The molecule has 2 atom stereocenters. The minimum atomic E-state index is -0.920. The first-order valence-corrected chi connectivity index (χ1v) is 7.04. The average Bonchev–Trinajstić information content (AvgIpc) is 3.11. The van der Waals surface area contributed by atoms with Gasteiger partial charge in [-0.2, -0.15) is 10.2 Å². The van der Waals surface area contributed by atoms with Crippen LogP contribution < -0.4 is 0 Å². The molecule has 2 aromatic rings. The van der Waals surface area contributed by atoms with Crippen molar-refractivity contribution < 1.29 is 5.11 Å². The molecule has 0 aliphatic heterocycles. The molecule has 0 aliphatic carbocycles. The van der Waals surface area contributed by atoms with E-state index in [1.807, 2.05) is 6.92 Å². The minimum absolute atomic E-state index is 0.175. The summed E-state index contributed by atoms with van der Waals surface area (Å²) in [7, 11) is 0. The van der Waals surface area contributed by atoms with Gasteiger partial charge in [-0.1, -0.05) is 26.2 Å². The van der Waals surface area contributed by atoms with E-state index in [1.165, 1.54) is 12.7 Å². The van der Waals surface area contributed by atoms with Gasteiger partial charge in [0.1, 0.15) is 30.9 Å². The molecular weight excluding hydrogens is 256 g/mol. The maximum absolute atomic E-state index is 11.1. The summed E-state index contributed by atoms with van der Waals surface area (Å²) in [6, 6.07) is -0.175. The van der Waals surface area contributed by atoms with Crippen LogP contribution in [0, 0.1) is 0 Å². The van der Waals surface area contributed by atoms with Gasteiger partial charge in [0.25, 0.3) is 0 Å². The van der Waals surface area contributed by atoms with Crippen LogP contribution in [0.5, 0.6) is 0 Å². The Balaban J connectivity index is 2.13. The highest BCUT2D eigenvalue weighted by Crippen LogP contribution is 2.29. The summed E-state index contributed by atoms with van der Waals surface area (Å²) >= 11 is 0. The number of hydrogen-bond acceptors (Lipinski definition) is 5. The van der Waals surface area contributed by atoms with Crippen LogP contribution in [-0.4, -0.2) is 40.2 Å². The van der Waals surface area contributed by atoms with Crippen molar-refractivity contribution in [1.82, 2.24) is 29.5 Å². The lowest BCUT2D eigenvalue weighted by Gasteiger charge is -2.34. The van der Waals surface area contributed by atoms with E-state index in [2.05, 4.69) is 27.1 Å². The van der Waals surface area contributed by atoms with Gasteiger partial charge in [-0.3, -0.25) is 0 Å². The molecule has 0 saturated carbocycles. The Morgan fingerprint density at radius 1 is 1.15 bits per heavy atom. The lowest BCUT2D eigenvalue weighted by molar-refractivity contribution is -0.0374. The van der Waals surface area contributed by atoms with Crippen molar-refractivity contribution in [2.24, 2.45) is 0 Å². The standard InChI is InChI=1S/C13H22N6O/c1-3-4-5-6-13(20,7-18-10-14-8-16-18)12(2)19-11-15-9-17-19/h8-12,20H,3-7H2,1-2H3. The molecule has 2 unspecified atom stereocenters. The summed E-state index contributed by atoms with van der Waals surface area (Å²) in [5, 5.41) is 19.3. The zero-order chi connectivity index (χ0) is 14.4. The first kappa shape index (κ1) is 14.6. The highest BCUT2D eigenvalue weighted by atomic mass is 16.3. The van der Waals surface area contributed by atoms with Crippen LogP contribution >= 0.6 is 0 Å². The van der Waals surface area contributed by atoms with E-state index >= 15 is 0 Å². The van der Waals surface area contributed by atoms with E-state index in [-0.39, 0.29) is 6.04 Å². The van der Waals surface area contributed by atoms with Gasteiger partial charge in [0, 0.05) is 0 Å². The van der Waals surface area contributed by atoms with Gasteiger partial charge in [0.05, 0.1) is 12.6 Å². The Kier molecular flexibility index (Phi) is 4.84. The molecule has 0 fully saturated rings. The fourth-order valence-electron chi connectivity index (χ4n) is 2.36. The van der Waals surface area contributed by atoms with Gasteiger partial charge in [-0.15, -0.1) is 0 Å². The topological polar surface area (TPSA) is 81.6 Å². The molecule has 0 radical (unpaired) electrons. The molecule has 1 N–H and O–H groups in total. The Morgan fingerprint density at radius 2 is 1.90 bits per heavy atom. The van der Waals surface area contributed by atoms with Crippen LogP contribution in [0.4, 0.5) is 0 Å². The third-order valence-corrected chi connectivity index (χ3v) is 3.73. The normalized spacial score (nSPS) is 15.9. The third-order valence-electron chi connectivity index (χ3n) is 3.73. The van der Waals surface area contributed by atoms with Crippen molar-refractivity contribution in [3.05, 3.63) is 25.3 Å². The predicted molar refractivity (Wildman–Crippen MR) is 73.8 cm³/mol. The second-order valence-electron chi connectivity index (χ2n) is 5.21. The molecule has 7 heteroatoms. The van der Waals surface area contributed by atoms with Gasteiger partial charge in [0.15, 0.2) is 0 Å². The van der Waals surface area contributed by atoms with Crippen LogP contribution in [0.2, 0.25) is 0 Å². The fraction of sp³-hybridized carbons (Fsp3) is 0.692. The monoisotopic (exact) mass is 278 g/mol. The van der Waals surface area contributed by atoms with Crippen LogP contribution in [0.3, 0.4) is 0 Å². The van der Waals surface area contributed by atoms with E-state index in [0.717, 1.165) is 19.3 Å². The molecule has 110 valence electrons. The molecule has 2 heterocycles.